The highest BCUT2D eigenvalue weighted by Gasteiger charge is 2.31. The highest BCUT2D eigenvalue weighted by atomic mass is 32.2. The molecular weight excluding hydrogens is 292 g/mol. The lowest BCUT2D eigenvalue weighted by Gasteiger charge is -2.19. The number of hydrogen-bond acceptors (Lipinski definition) is 5. The molecule has 0 aliphatic carbocycles. The zero-order valence-electron chi connectivity index (χ0n) is 13.0. The number of ether oxygens (including phenoxy) is 1. The molecule has 2 rings (SSSR count). The molecule has 0 bridgehead atoms. The second-order valence-corrected chi connectivity index (χ2v) is 7.24. The molecule has 1 aromatic heterocycles. The zero-order chi connectivity index (χ0) is 15.6. The molecule has 0 spiro atoms. The SMILES string of the molecule is CNCc1c(C)oc(C)c1S(=O)(=O)NC(C)C1CCOC1. The van der Waals surface area contributed by atoms with Crippen LogP contribution in [0.3, 0.4) is 0 Å². The molecule has 1 aliphatic heterocycles. The predicted octanol–water partition coefficient (Wildman–Crippen LogP) is 1.32. The van der Waals surface area contributed by atoms with Gasteiger partial charge in [-0.1, -0.05) is 0 Å². The summed E-state index contributed by atoms with van der Waals surface area (Å²) in [5.74, 6) is 1.29. The zero-order valence-corrected chi connectivity index (χ0v) is 13.8. The fourth-order valence-electron chi connectivity index (χ4n) is 2.79. The highest BCUT2D eigenvalue weighted by Crippen LogP contribution is 2.27. The first kappa shape index (κ1) is 16.5. The lowest BCUT2D eigenvalue weighted by atomic mass is 10.0. The molecular formula is C14H24N2O4S. The van der Waals surface area contributed by atoms with Gasteiger partial charge in [0.2, 0.25) is 10.0 Å². The third-order valence-corrected chi connectivity index (χ3v) is 5.71. The predicted molar refractivity (Wildman–Crippen MR) is 79.7 cm³/mol. The van der Waals surface area contributed by atoms with E-state index in [2.05, 4.69) is 10.0 Å². The van der Waals surface area contributed by atoms with E-state index in [-0.39, 0.29) is 16.9 Å². The Hall–Kier alpha value is -0.890. The lowest BCUT2D eigenvalue weighted by Crippen LogP contribution is -2.38. The van der Waals surface area contributed by atoms with Gasteiger partial charge >= 0.3 is 0 Å². The summed E-state index contributed by atoms with van der Waals surface area (Å²) in [6, 6.07) is -0.158. The van der Waals surface area contributed by atoms with Crippen molar-refractivity contribution < 1.29 is 17.6 Å². The fraction of sp³-hybridized carbons (Fsp3) is 0.714. The van der Waals surface area contributed by atoms with Crippen molar-refractivity contribution in [1.29, 1.82) is 0 Å². The Balaban J connectivity index is 2.26. The van der Waals surface area contributed by atoms with Gasteiger partial charge in [0.25, 0.3) is 0 Å². The smallest absolute Gasteiger partial charge is 0.244 e. The summed E-state index contributed by atoms with van der Waals surface area (Å²) < 4.78 is 39.0. The molecule has 2 heterocycles. The Bertz CT molecular complexity index is 588. The third kappa shape index (κ3) is 3.48. The normalized spacial score (nSPS) is 20.9. The van der Waals surface area contributed by atoms with Crippen LogP contribution >= 0.6 is 0 Å². The number of furan rings is 1. The van der Waals surface area contributed by atoms with Crippen molar-refractivity contribution in [1.82, 2.24) is 10.0 Å². The van der Waals surface area contributed by atoms with E-state index in [1.807, 2.05) is 6.92 Å². The van der Waals surface area contributed by atoms with Crippen LogP contribution in [0.2, 0.25) is 0 Å². The molecule has 2 atom stereocenters. The van der Waals surface area contributed by atoms with Crippen molar-refractivity contribution in [2.24, 2.45) is 5.92 Å². The van der Waals surface area contributed by atoms with Crippen molar-refractivity contribution in [3.05, 3.63) is 17.1 Å². The van der Waals surface area contributed by atoms with Gasteiger partial charge in [-0.05, 0) is 34.2 Å². The van der Waals surface area contributed by atoms with Gasteiger partial charge in [0.05, 0.1) is 6.61 Å². The van der Waals surface area contributed by atoms with Gasteiger partial charge in [-0.25, -0.2) is 13.1 Å². The molecule has 120 valence electrons. The molecule has 21 heavy (non-hydrogen) atoms. The van der Waals surface area contributed by atoms with Crippen LogP contribution < -0.4 is 10.0 Å². The molecule has 0 amide bonds. The van der Waals surface area contributed by atoms with E-state index in [0.29, 0.717) is 36.8 Å². The summed E-state index contributed by atoms with van der Waals surface area (Å²) >= 11 is 0. The maximum atomic E-state index is 12.7. The van der Waals surface area contributed by atoms with E-state index in [4.69, 9.17) is 9.15 Å². The van der Waals surface area contributed by atoms with Gasteiger partial charge in [0, 0.05) is 30.7 Å². The summed E-state index contributed by atoms with van der Waals surface area (Å²) in [7, 11) is -1.82. The van der Waals surface area contributed by atoms with Crippen LogP contribution in [-0.4, -0.2) is 34.7 Å². The summed E-state index contributed by atoms with van der Waals surface area (Å²) in [6.07, 6.45) is 0.885. The maximum absolute atomic E-state index is 12.7. The molecule has 1 aromatic rings. The Morgan fingerprint density at radius 1 is 1.33 bits per heavy atom. The van der Waals surface area contributed by atoms with Gasteiger partial charge in [-0.15, -0.1) is 0 Å². The van der Waals surface area contributed by atoms with E-state index >= 15 is 0 Å². The molecule has 0 saturated carbocycles. The Kier molecular flexibility index (Phi) is 5.08. The average molecular weight is 316 g/mol. The minimum absolute atomic E-state index is 0.158. The Morgan fingerprint density at radius 2 is 2.05 bits per heavy atom. The molecule has 0 aromatic carbocycles. The number of nitrogens with one attached hydrogen (secondary N) is 2. The molecule has 7 heteroatoms. The first-order valence-corrected chi connectivity index (χ1v) is 8.68. The van der Waals surface area contributed by atoms with Crippen LogP contribution in [0.5, 0.6) is 0 Å². The van der Waals surface area contributed by atoms with Crippen LogP contribution in [0.4, 0.5) is 0 Å². The van der Waals surface area contributed by atoms with Crippen LogP contribution in [0.25, 0.3) is 0 Å². The first-order valence-electron chi connectivity index (χ1n) is 7.20. The second-order valence-electron chi connectivity index (χ2n) is 5.59. The topological polar surface area (TPSA) is 80.6 Å². The fourth-order valence-corrected chi connectivity index (χ4v) is 4.55. The molecule has 1 aliphatic rings. The molecule has 6 nitrogen and oxygen atoms in total. The molecule has 1 fully saturated rings. The number of hydrogen-bond donors (Lipinski definition) is 2. The third-order valence-electron chi connectivity index (χ3n) is 3.96. The van der Waals surface area contributed by atoms with Crippen LogP contribution in [0, 0.1) is 19.8 Å². The van der Waals surface area contributed by atoms with E-state index < -0.39 is 10.0 Å². The largest absolute Gasteiger partial charge is 0.465 e. The van der Waals surface area contributed by atoms with Crippen molar-refractivity contribution in [2.45, 2.75) is 44.7 Å². The van der Waals surface area contributed by atoms with Crippen molar-refractivity contribution in [2.75, 3.05) is 20.3 Å². The summed E-state index contributed by atoms with van der Waals surface area (Å²) in [4.78, 5) is 0.264. The maximum Gasteiger partial charge on any atom is 0.244 e. The molecule has 2 unspecified atom stereocenters. The van der Waals surface area contributed by atoms with E-state index in [1.54, 1.807) is 20.9 Å². The van der Waals surface area contributed by atoms with Crippen LogP contribution in [-0.2, 0) is 21.3 Å². The van der Waals surface area contributed by atoms with Gasteiger partial charge in [-0.2, -0.15) is 0 Å². The highest BCUT2D eigenvalue weighted by molar-refractivity contribution is 7.89. The molecule has 1 saturated heterocycles. The van der Waals surface area contributed by atoms with Crippen LogP contribution in [0.1, 0.15) is 30.4 Å². The Morgan fingerprint density at radius 3 is 2.62 bits per heavy atom. The summed E-state index contributed by atoms with van der Waals surface area (Å²) in [5, 5.41) is 2.99. The summed E-state index contributed by atoms with van der Waals surface area (Å²) in [5.41, 5.74) is 0.692. The van der Waals surface area contributed by atoms with Gasteiger partial charge in [-0.3, -0.25) is 0 Å². The van der Waals surface area contributed by atoms with Gasteiger partial charge in [0.15, 0.2) is 0 Å². The van der Waals surface area contributed by atoms with E-state index in [1.165, 1.54) is 0 Å². The summed E-state index contributed by atoms with van der Waals surface area (Å²) in [6.45, 7) is 7.12. The Labute approximate surface area is 126 Å². The van der Waals surface area contributed by atoms with Gasteiger partial charge < -0.3 is 14.5 Å². The number of sulfonamides is 1. The number of aryl methyl sites for hydroxylation is 2. The molecule has 2 N–H and O–H groups in total. The second kappa shape index (κ2) is 6.48. The lowest BCUT2D eigenvalue weighted by molar-refractivity contribution is 0.180. The monoisotopic (exact) mass is 316 g/mol. The van der Waals surface area contributed by atoms with Crippen molar-refractivity contribution in [3.63, 3.8) is 0 Å². The van der Waals surface area contributed by atoms with Gasteiger partial charge in [0.1, 0.15) is 16.4 Å². The van der Waals surface area contributed by atoms with E-state index in [9.17, 15) is 8.42 Å². The van der Waals surface area contributed by atoms with E-state index in [0.717, 1.165) is 6.42 Å². The van der Waals surface area contributed by atoms with Crippen molar-refractivity contribution >= 4 is 10.0 Å². The van der Waals surface area contributed by atoms with Crippen LogP contribution in [0.15, 0.2) is 9.31 Å². The quantitative estimate of drug-likeness (QED) is 0.827. The standard InChI is InChI=1S/C14H24N2O4S/c1-9(12-5-6-19-8-12)16-21(17,18)14-11(3)20-10(2)13(14)7-15-4/h9,12,15-16H,5-8H2,1-4H3. The molecule has 0 radical (unpaired) electrons. The minimum atomic E-state index is -3.60. The number of rotatable bonds is 6. The first-order chi connectivity index (χ1) is 9.86. The average Bonchev–Trinajstić information content (AvgIpc) is 2.98. The minimum Gasteiger partial charge on any atom is -0.465 e. The van der Waals surface area contributed by atoms with Crippen molar-refractivity contribution in [3.8, 4) is 0 Å².